The highest BCUT2D eigenvalue weighted by Gasteiger charge is 2.40. The smallest absolute Gasteiger partial charge is 0.244 e. The molecular weight excluding hydrogens is 300 g/mol. The molecule has 0 amide bonds. The normalized spacial score (nSPS) is 24.4. The van der Waals surface area contributed by atoms with Crippen molar-refractivity contribution in [3.05, 3.63) is 15.8 Å². The first-order valence-corrected chi connectivity index (χ1v) is 8.54. The molecule has 2 N–H and O–H groups in total. The van der Waals surface area contributed by atoms with E-state index in [0.717, 1.165) is 9.75 Å². The molecule has 20 heavy (non-hydrogen) atoms. The van der Waals surface area contributed by atoms with Crippen LogP contribution in [0.3, 0.4) is 0 Å². The number of aryl methyl sites for hydroxylation is 1. The van der Waals surface area contributed by atoms with Crippen LogP contribution in [0.1, 0.15) is 9.75 Å². The van der Waals surface area contributed by atoms with Crippen molar-refractivity contribution in [1.29, 1.82) is 0 Å². The average molecular weight is 320 g/mol. The highest BCUT2D eigenvalue weighted by Crippen LogP contribution is 2.30. The Hall–Kier alpha value is -0.510. The Balaban J connectivity index is 2.29. The van der Waals surface area contributed by atoms with Crippen molar-refractivity contribution in [3.8, 4) is 0 Å². The maximum Gasteiger partial charge on any atom is 0.244 e. The number of hydrogen-bond acceptors (Lipinski definition) is 6. The molecule has 0 aromatic carbocycles. The molecule has 0 saturated carbocycles. The molecule has 2 heterocycles. The van der Waals surface area contributed by atoms with Gasteiger partial charge >= 0.3 is 0 Å². The van der Waals surface area contributed by atoms with Crippen LogP contribution in [0.2, 0.25) is 0 Å². The van der Waals surface area contributed by atoms with Gasteiger partial charge < -0.3 is 15.2 Å². The molecule has 0 bridgehead atoms. The van der Waals surface area contributed by atoms with Gasteiger partial charge in [0.2, 0.25) is 10.0 Å². The van der Waals surface area contributed by atoms with Gasteiger partial charge in [-0.15, -0.1) is 11.3 Å². The van der Waals surface area contributed by atoms with Crippen LogP contribution in [0.15, 0.2) is 11.0 Å². The second-order valence-corrected chi connectivity index (χ2v) is 7.95. The Morgan fingerprint density at radius 2 is 1.90 bits per heavy atom. The van der Waals surface area contributed by atoms with Gasteiger partial charge in [0.1, 0.15) is 0 Å². The zero-order valence-electron chi connectivity index (χ0n) is 11.8. The van der Waals surface area contributed by atoms with E-state index in [4.69, 9.17) is 15.2 Å². The third kappa shape index (κ3) is 2.76. The number of thiophene rings is 1. The summed E-state index contributed by atoms with van der Waals surface area (Å²) in [5.41, 5.74) is 5.58. The highest BCUT2D eigenvalue weighted by molar-refractivity contribution is 7.89. The van der Waals surface area contributed by atoms with Crippen LogP contribution in [0.4, 0.5) is 0 Å². The van der Waals surface area contributed by atoms with Crippen LogP contribution in [-0.4, -0.2) is 52.2 Å². The van der Waals surface area contributed by atoms with Gasteiger partial charge in [-0.3, -0.25) is 0 Å². The predicted molar refractivity (Wildman–Crippen MR) is 77.3 cm³/mol. The first-order chi connectivity index (χ1) is 9.43. The SMILES string of the molecule is COC1CN(S(=O)(=O)c2cc(CN)sc2C)CC1OC. The Morgan fingerprint density at radius 1 is 1.35 bits per heavy atom. The number of nitrogens with zero attached hydrogens (tertiary/aromatic N) is 1. The van der Waals surface area contributed by atoms with Gasteiger partial charge in [-0.2, -0.15) is 4.31 Å². The molecule has 1 saturated heterocycles. The van der Waals surface area contributed by atoms with Crippen molar-refractivity contribution < 1.29 is 17.9 Å². The number of ether oxygens (including phenoxy) is 2. The van der Waals surface area contributed by atoms with Crippen LogP contribution in [-0.2, 0) is 26.0 Å². The first kappa shape index (κ1) is 15.9. The number of nitrogens with two attached hydrogens (primary N) is 1. The third-order valence-electron chi connectivity index (χ3n) is 3.53. The van der Waals surface area contributed by atoms with Crippen LogP contribution in [0, 0.1) is 6.92 Å². The van der Waals surface area contributed by atoms with Crippen LogP contribution >= 0.6 is 11.3 Å². The lowest BCUT2D eigenvalue weighted by Gasteiger charge is -2.15. The molecule has 1 fully saturated rings. The molecule has 114 valence electrons. The second kappa shape index (κ2) is 6.08. The fraction of sp³-hybridized carbons (Fsp3) is 0.667. The Morgan fingerprint density at radius 3 is 2.30 bits per heavy atom. The van der Waals surface area contributed by atoms with Crippen molar-refractivity contribution in [2.24, 2.45) is 5.73 Å². The molecule has 0 radical (unpaired) electrons. The van der Waals surface area contributed by atoms with Gasteiger partial charge in [0.15, 0.2) is 0 Å². The monoisotopic (exact) mass is 320 g/mol. The summed E-state index contributed by atoms with van der Waals surface area (Å²) in [6.07, 6.45) is -0.467. The number of hydrogen-bond donors (Lipinski definition) is 1. The van der Waals surface area contributed by atoms with Crippen molar-refractivity contribution in [3.63, 3.8) is 0 Å². The summed E-state index contributed by atoms with van der Waals surface area (Å²) < 4.78 is 37.4. The summed E-state index contributed by atoms with van der Waals surface area (Å²) in [6, 6.07) is 1.66. The fourth-order valence-corrected chi connectivity index (χ4v) is 5.33. The number of rotatable bonds is 5. The van der Waals surface area contributed by atoms with Crippen LogP contribution in [0.5, 0.6) is 0 Å². The van der Waals surface area contributed by atoms with E-state index in [0.29, 0.717) is 24.5 Å². The Bertz CT molecular complexity index is 558. The first-order valence-electron chi connectivity index (χ1n) is 6.29. The van der Waals surface area contributed by atoms with E-state index in [1.165, 1.54) is 15.6 Å². The minimum Gasteiger partial charge on any atom is -0.377 e. The van der Waals surface area contributed by atoms with Crippen molar-refractivity contribution in [1.82, 2.24) is 4.31 Å². The Labute approximate surface area is 123 Å². The second-order valence-electron chi connectivity index (χ2n) is 4.71. The van der Waals surface area contributed by atoms with Crippen molar-refractivity contribution in [2.45, 2.75) is 30.6 Å². The third-order valence-corrected chi connectivity index (χ3v) is 6.69. The lowest BCUT2D eigenvalue weighted by molar-refractivity contribution is -0.00461. The largest absolute Gasteiger partial charge is 0.377 e. The van der Waals surface area contributed by atoms with E-state index >= 15 is 0 Å². The van der Waals surface area contributed by atoms with Crippen LogP contribution < -0.4 is 5.73 Å². The van der Waals surface area contributed by atoms with Gasteiger partial charge in [0.05, 0.1) is 17.1 Å². The van der Waals surface area contributed by atoms with Crippen molar-refractivity contribution in [2.75, 3.05) is 27.3 Å². The number of methoxy groups -OCH3 is 2. The van der Waals surface area contributed by atoms with E-state index in [-0.39, 0.29) is 12.2 Å². The van der Waals surface area contributed by atoms with E-state index < -0.39 is 10.0 Å². The average Bonchev–Trinajstić information content (AvgIpc) is 3.01. The highest BCUT2D eigenvalue weighted by atomic mass is 32.2. The lowest BCUT2D eigenvalue weighted by atomic mass is 10.3. The zero-order chi connectivity index (χ0) is 14.9. The zero-order valence-corrected chi connectivity index (χ0v) is 13.5. The maximum atomic E-state index is 12.7. The minimum atomic E-state index is -3.52. The van der Waals surface area contributed by atoms with Gasteiger partial charge in [-0.25, -0.2) is 8.42 Å². The molecule has 8 heteroatoms. The van der Waals surface area contributed by atoms with Gasteiger partial charge in [0.25, 0.3) is 0 Å². The topological polar surface area (TPSA) is 81.9 Å². The molecule has 2 rings (SSSR count). The van der Waals surface area contributed by atoms with Gasteiger partial charge in [-0.1, -0.05) is 0 Å². The summed E-state index contributed by atoms with van der Waals surface area (Å²) >= 11 is 1.42. The standard InChI is InChI=1S/C12H20N2O4S2/c1-8-12(4-9(5-13)19-8)20(15,16)14-6-10(17-2)11(7-14)18-3/h4,10-11H,5-7,13H2,1-3H3. The van der Waals surface area contributed by atoms with Gasteiger partial charge in [-0.05, 0) is 13.0 Å². The summed E-state index contributed by atoms with van der Waals surface area (Å²) in [5, 5.41) is 0. The number of sulfonamides is 1. The van der Waals surface area contributed by atoms with E-state index in [1.54, 1.807) is 27.2 Å². The lowest BCUT2D eigenvalue weighted by Crippen LogP contribution is -2.30. The molecule has 1 aromatic rings. The summed E-state index contributed by atoms with van der Waals surface area (Å²) in [7, 11) is -0.387. The molecule has 0 spiro atoms. The molecule has 0 aliphatic carbocycles. The van der Waals surface area contributed by atoms with Crippen molar-refractivity contribution >= 4 is 21.4 Å². The molecule has 2 unspecified atom stereocenters. The predicted octanol–water partition coefficient (Wildman–Crippen LogP) is 0.550. The van der Waals surface area contributed by atoms with E-state index in [9.17, 15) is 8.42 Å². The quantitative estimate of drug-likeness (QED) is 0.857. The molecule has 2 atom stereocenters. The van der Waals surface area contributed by atoms with E-state index in [2.05, 4.69) is 0 Å². The van der Waals surface area contributed by atoms with Gasteiger partial charge in [0, 0.05) is 43.6 Å². The molecule has 1 aliphatic heterocycles. The van der Waals surface area contributed by atoms with Crippen LogP contribution in [0.25, 0.3) is 0 Å². The summed E-state index contributed by atoms with van der Waals surface area (Å²) in [6.45, 7) is 2.77. The minimum absolute atomic E-state index is 0.234. The molecule has 1 aliphatic rings. The Kier molecular flexibility index (Phi) is 4.83. The van der Waals surface area contributed by atoms with E-state index in [1.807, 2.05) is 0 Å². The fourth-order valence-electron chi connectivity index (χ4n) is 2.38. The summed E-state index contributed by atoms with van der Waals surface area (Å²) in [4.78, 5) is 1.97. The summed E-state index contributed by atoms with van der Waals surface area (Å²) in [5.74, 6) is 0. The molecule has 1 aromatic heterocycles. The maximum absolute atomic E-state index is 12.7. The molecule has 6 nitrogen and oxygen atoms in total. The molecular formula is C12H20N2O4S2.